The van der Waals surface area contributed by atoms with Gasteiger partial charge in [0.2, 0.25) is 0 Å². The van der Waals surface area contributed by atoms with E-state index in [1.165, 1.54) is 29.0 Å². The van der Waals surface area contributed by atoms with Crippen LogP contribution >= 0.6 is 23.5 Å². The lowest BCUT2D eigenvalue weighted by Gasteiger charge is -2.35. The minimum Gasteiger partial charge on any atom is -0.387 e. The molecule has 5 nitrogen and oxygen atoms in total. The van der Waals surface area contributed by atoms with Crippen LogP contribution in [0.15, 0.2) is 43.5 Å². The van der Waals surface area contributed by atoms with Gasteiger partial charge in [0.25, 0.3) is 5.70 Å². The summed E-state index contributed by atoms with van der Waals surface area (Å²) in [4.78, 5) is 5.75. The molecule has 0 fully saturated rings. The molecular formula is C31H41N5S2. The van der Waals surface area contributed by atoms with E-state index < -0.39 is 0 Å². The Kier molecular flexibility index (Phi) is 12.1. The van der Waals surface area contributed by atoms with Gasteiger partial charge < -0.3 is 5.32 Å². The van der Waals surface area contributed by atoms with Gasteiger partial charge in [0.1, 0.15) is 17.7 Å². The van der Waals surface area contributed by atoms with E-state index in [1.807, 2.05) is 6.26 Å². The van der Waals surface area contributed by atoms with Crippen molar-refractivity contribution < 1.29 is 0 Å². The molecule has 2 rings (SSSR count). The van der Waals surface area contributed by atoms with Crippen LogP contribution in [0.3, 0.4) is 0 Å². The summed E-state index contributed by atoms with van der Waals surface area (Å²) in [6, 6.07) is 6.34. The molecule has 0 atom stereocenters. The van der Waals surface area contributed by atoms with E-state index in [2.05, 4.69) is 62.3 Å². The molecule has 0 heterocycles. The maximum atomic E-state index is 9.46. The minimum absolute atomic E-state index is 0.0258. The van der Waals surface area contributed by atoms with Crippen LogP contribution in [0, 0.1) is 51.4 Å². The van der Waals surface area contributed by atoms with E-state index in [-0.39, 0.29) is 22.1 Å². The molecule has 1 N–H and O–H groups in total. The number of allylic oxidation sites excluding steroid dienone is 6. The van der Waals surface area contributed by atoms with Crippen molar-refractivity contribution in [3.63, 3.8) is 0 Å². The molecule has 0 amide bonds. The van der Waals surface area contributed by atoms with Crippen molar-refractivity contribution in [1.82, 2.24) is 5.32 Å². The number of hydrogen-bond donors (Lipinski definition) is 1. The highest BCUT2D eigenvalue weighted by Gasteiger charge is 2.33. The Balaban J connectivity index is 1.92. The fourth-order valence-corrected chi connectivity index (χ4v) is 7.35. The molecule has 0 aliphatic heterocycles. The van der Waals surface area contributed by atoms with E-state index in [9.17, 15) is 15.8 Å². The van der Waals surface area contributed by atoms with Gasteiger partial charge in [-0.15, -0.1) is 23.5 Å². The fourth-order valence-electron chi connectivity index (χ4n) is 5.66. The van der Waals surface area contributed by atoms with E-state index in [0.29, 0.717) is 0 Å². The van der Waals surface area contributed by atoms with Crippen LogP contribution in [0.25, 0.3) is 4.85 Å². The summed E-state index contributed by atoms with van der Waals surface area (Å²) in [7, 11) is 0. The molecule has 0 saturated heterocycles. The Morgan fingerprint density at radius 1 is 0.816 bits per heavy atom. The third-order valence-electron chi connectivity index (χ3n) is 7.23. The zero-order valence-corrected chi connectivity index (χ0v) is 25.5. The zero-order chi connectivity index (χ0) is 28.3. The van der Waals surface area contributed by atoms with Crippen molar-refractivity contribution in [2.75, 3.05) is 19.1 Å². The first-order valence-electron chi connectivity index (χ1n) is 13.4. The smallest absolute Gasteiger partial charge is 0.266 e. The van der Waals surface area contributed by atoms with E-state index >= 15 is 0 Å². The molecule has 2 aliphatic carbocycles. The van der Waals surface area contributed by atoms with Gasteiger partial charge in [-0.05, 0) is 79.4 Å². The van der Waals surface area contributed by atoms with E-state index in [4.69, 9.17) is 6.57 Å². The van der Waals surface area contributed by atoms with Crippen LogP contribution in [-0.4, -0.2) is 19.1 Å². The number of rotatable bonds is 11. The normalized spacial score (nSPS) is 19.7. The molecule has 0 saturated carbocycles. The van der Waals surface area contributed by atoms with Gasteiger partial charge >= 0.3 is 0 Å². The van der Waals surface area contributed by atoms with Gasteiger partial charge in [0.05, 0.1) is 12.6 Å². The second kappa shape index (κ2) is 14.5. The topological polar surface area (TPSA) is 87.8 Å². The van der Waals surface area contributed by atoms with Gasteiger partial charge in [-0.3, -0.25) is 0 Å². The van der Waals surface area contributed by atoms with Crippen LogP contribution in [0.5, 0.6) is 0 Å². The molecule has 0 aromatic rings. The first-order chi connectivity index (χ1) is 18.1. The molecule has 2 aliphatic rings. The number of unbranched alkanes of at least 4 members (excludes halogenated alkanes) is 4. The molecule has 7 heteroatoms. The third-order valence-corrected chi connectivity index (χ3v) is 9.08. The highest BCUT2D eigenvalue weighted by molar-refractivity contribution is 8.02. The quantitative estimate of drug-likeness (QED) is 0.158. The predicted molar refractivity (Wildman–Crippen MR) is 160 cm³/mol. The Morgan fingerprint density at radius 2 is 1.39 bits per heavy atom. The van der Waals surface area contributed by atoms with Crippen molar-refractivity contribution >= 4 is 23.5 Å². The molecular weight excluding hydrogens is 507 g/mol. The van der Waals surface area contributed by atoms with Gasteiger partial charge in [-0.1, -0.05) is 52.5 Å². The zero-order valence-electron chi connectivity index (χ0n) is 23.9. The van der Waals surface area contributed by atoms with Crippen LogP contribution in [0.1, 0.15) is 91.9 Å². The Labute approximate surface area is 238 Å². The monoisotopic (exact) mass is 547 g/mol. The third kappa shape index (κ3) is 8.46. The van der Waals surface area contributed by atoms with Crippen LogP contribution in [-0.2, 0) is 0 Å². The van der Waals surface area contributed by atoms with Crippen molar-refractivity contribution in [3.8, 4) is 18.2 Å². The summed E-state index contributed by atoms with van der Waals surface area (Å²) in [6.45, 7) is 17.2. The fraction of sp³-hybridized carbons (Fsp3) is 0.613. The summed E-state index contributed by atoms with van der Waals surface area (Å²) in [6.07, 6.45) is 14.3. The highest BCUT2D eigenvalue weighted by atomic mass is 32.2. The molecule has 0 bridgehead atoms. The van der Waals surface area contributed by atoms with Crippen molar-refractivity contribution in [3.05, 3.63) is 54.9 Å². The summed E-state index contributed by atoms with van der Waals surface area (Å²) in [5, 5.41) is 32.0. The SMILES string of the molecule is [C-]#[N+]/C(C#N)=C1\CC(C)(C)CC(NCCCCCCCC2=C(SC)C(=C(C#N)C#N)CC(C)(C)C2)=C1SC. The second-order valence-electron chi connectivity index (χ2n) is 11.8. The van der Waals surface area contributed by atoms with Crippen molar-refractivity contribution in [2.45, 2.75) is 91.9 Å². The summed E-state index contributed by atoms with van der Waals surface area (Å²) < 4.78 is 0. The largest absolute Gasteiger partial charge is 0.387 e. The average molecular weight is 548 g/mol. The Morgan fingerprint density at radius 3 is 1.97 bits per heavy atom. The molecule has 0 spiro atoms. The van der Waals surface area contributed by atoms with Crippen molar-refractivity contribution in [2.24, 2.45) is 10.8 Å². The van der Waals surface area contributed by atoms with E-state index in [1.54, 1.807) is 23.5 Å². The van der Waals surface area contributed by atoms with Crippen LogP contribution < -0.4 is 5.32 Å². The Bertz CT molecular complexity index is 1060. The van der Waals surface area contributed by atoms with Crippen molar-refractivity contribution in [1.29, 1.82) is 15.8 Å². The molecule has 0 aromatic carbocycles. The standard InChI is InChI=1S/C31H41N5S2/c1-30(2)15-22(28(37-6)24(16-30)23(19-32)20-33)13-11-9-8-10-12-14-36-26-18-31(3,4)17-25(29(26)38-7)27(21-34)35-5/h36H,8-18H2,1-4,6-7H3/b27-25+. The number of hydrogen-bond acceptors (Lipinski definition) is 6. The summed E-state index contributed by atoms with van der Waals surface area (Å²) in [5.74, 6) is 0. The first-order valence-corrected chi connectivity index (χ1v) is 15.8. The number of nitrogens with one attached hydrogen (secondary N) is 1. The minimum atomic E-state index is 0.0258. The summed E-state index contributed by atoms with van der Waals surface area (Å²) in [5.41, 5.74) is 5.02. The lowest BCUT2D eigenvalue weighted by Crippen LogP contribution is -2.28. The van der Waals surface area contributed by atoms with E-state index in [0.717, 1.165) is 74.0 Å². The maximum Gasteiger partial charge on any atom is 0.266 e. The van der Waals surface area contributed by atoms with Gasteiger partial charge in [-0.25, -0.2) is 10.1 Å². The number of nitrogens with zero attached hydrogens (tertiary/aromatic N) is 4. The number of nitriles is 3. The van der Waals surface area contributed by atoms with Gasteiger partial charge in [0, 0.05) is 22.1 Å². The molecule has 0 unspecified atom stereocenters. The first kappa shape index (κ1) is 31.6. The lowest BCUT2D eigenvalue weighted by atomic mass is 9.73. The highest BCUT2D eigenvalue weighted by Crippen LogP contribution is 2.48. The van der Waals surface area contributed by atoms with Crippen LogP contribution in [0.2, 0.25) is 0 Å². The maximum absolute atomic E-state index is 9.46. The average Bonchev–Trinajstić information content (AvgIpc) is 2.86. The molecule has 0 aromatic heterocycles. The predicted octanol–water partition coefficient (Wildman–Crippen LogP) is 8.79. The summed E-state index contributed by atoms with van der Waals surface area (Å²) >= 11 is 3.32. The number of thioether (sulfide) groups is 2. The van der Waals surface area contributed by atoms with Crippen LogP contribution in [0.4, 0.5) is 0 Å². The van der Waals surface area contributed by atoms with Gasteiger partial charge in [0.15, 0.2) is 0 Å². The second-order valence-corrected chi connectivity index (χ2v) is 13.4. The van der Waals surface area contributed by atoms with Gasteiger partial charge in [-0.2, -0.15) is 10.5 Å². The lowest BCUT2D eigenvalue weighted by molar-refractivity contribution is 0.339. The molecule has 38 heavy (non-hydrogen) atoms. The molecule has 0 radical (unpaired) electrons. The molecule has 202 valence electrons. The Hall–Kier alpha value is -2.58.